The number of nitrogens with zero attached hydrogens (tertiary/aromatic N) is 1. The van der Waals surface area contributed by atoms with Crippen molar-refractivity contribution < 1.29 is 19.4 Å². The Hall–Kier alpha value is -1.62. The summed E-state index contributed by atoms with van der Waals surface area (Å²) in [6.45, 7) is 1.88. The van der Waals surface area contributed by atoms with Crippen LogP contribution in [0.2, 0.25) is 0 Å². The number of halogens is 1. The molecule has 0 heterocycles. The Kier molecular flexibility index (Phi) is 4.72. The number of benzene rings is 1. The number of aliphatic hydroxyl groups excluding tert-OH is 1. The third-order valence-electron chi connectivity index (χ3n) is 2.04. The molecule has 2 N–H and O–H groups in total. The van der Waals surface area contributed by atoms with Gasteiger partial charge < -0.3 is 15.1 Å². The van der Waals surface area contributed by atoms with Crippen LogP contribution in [0.5, 0.6) is 5.75 Å². The molecular weight excluding hydrogens is 213 g/mol. The summed E-state index contributed by atoms with van der Waals surface area (Å²) in [5.41, 5.74) is 0.876. The van der Waals surface area contributed by atoms with Crippen LogP contribution in [0, 0.1) is 5.82 Å². The van der Waals surface area contributed by atoms with Gasteiger partial charge in [-0.25, -0.2) is 4.39 Å². The average molecular weight is 227 g/mol. The van der Waals surface area contributed by atoms with Crippen molar-refractivity contribution in [1.82, 2.24) is 0 Å². The molecule has 88 valence electrons. The molecule has 16 heavy (non-hydrogen) atoms. The lowest BCUT2D eigenvalue weighted by atomic mass is 10.1. The van der Waals surface area contributed by atoms with Gasteiger partial charge in [0.25, 0.3) is 0 Å². The first-order chi connectivity index (χ1) is 7.69. The topological polar surface area (TPSA) is 62.1 Å². The van der Waals surface area contributed by atoms with Gasteiger partial charge in [-0.05, 0) is 19.1 Å². The van der Waals surface area contributed by atoms with E-state index in [9.17, 15) is 4.39 Å². The van der Waals surface area contributed by atoms with Crippen LogP contribution in [0.3, 0.4) is 0 Å². The smallest absolute Gasteiger partial charge is 0.131 e. The average Bonchev–Trinajstić information content (AvgIpc) is 2.29. The maximum atomic E-state index is 13.0. The van der Waals surface area contributed by atoms with Crippen LogP contribution in [0.4, 0.5) is 4.39 Å². The van der Waals surface area contributed by atoms with Crippen molar-refractivity contribution in [3.05, 3.63) is 29.6 Å². The molecule has 0 radical (unpaired) electrons. The van der Waals surface area contributed by atoms with Crippen LogP contribution in [-0.4, -0.2) is 29.2 Å². The van der Waals surface area contributed by atoms with Gasteiger partial charge in [0.05, 0.1) is 12.3 Å². The summed E-state index contributed by atoms with van der Waals surface area (Å²) in [4.78, 5) is 0. The molecule has 1 aromatic rings. The lowest BCUT2D eigenvalue weighted by Gasteiger charge is -2.10. The second kappa shape index (κ2) is 6.07. The van der Waals surface area contributed by atoms with E-state index in [1.54, 1.807) is 6.92 Å². The number of hydrogen-bond acceptors (Lipinski definition) is 4. The van der Waals surface area contributed by atoms with Crippen molar-refractivity contribution >= 4 is 5.71 Å². The van der Waals surface area contributed by atoms with Crippen molar-refractivity contribution in [2.45, 2.75) is 13.3 Å². The molecule has 0 saturated heterocycles. The Morgan fingerprint density at radius 2 is 2.25 bits per heavy atom. The van der Waals surface area contributed by atoms with E-state index in [0.29, 0.717) is 23.4 Å². The summed E-state index contributed by atoms with van der Waals surface area (Å²) in [7, 11) is 0. The van der Waals surface area contributed by atoms with E-state index < -0.39 is 5.82 Å². The first-order valence-electron chi connectivity index (χ1n) is 4.91. The van der Waals surface area contributed by atoms with Crippen LogP contribution in [-0.2, 0) is 0 Å². The third-order valence-corrected chi connectivity index (χ3v) is 2.04. The summed E-state index contributed by atoms with van der Waals surface area (Å²) in [5.74, 6) is -0.114. The molecule has 0 aliphatic rings. The molecule has 0 amide bonds. The molecule has 0 atom stereocenters. The van der Waals surface area contributed by atoms with Crippen molar-refractivity contribution in [2.75, 3.05) is 13.2 Å². The van der Waals surface area contributed by atoms with Gasteiger partial charge in [0, 0.05) is 24.7 Å². The van der Waals surface area contributed by atoms with Crippen molar-refractivity contribution in [3.8, 4) is 5.75 Å². The largest absolute Gasteiger partial charge is 0.493 e. The highest BCUT2D eigenvalue weighted by Gasteiger charge is 2.08. The maximum absolute atomic E-state index is 13.0. The van der Waals surface area contributed by atoms with Crippen LogP contribution < -0.4 is 4.74 Å². The molecule has 0 saturated carbocycles. The molecule has 0 spiro atoms. The lowest BCUT2D eigenvalue weighted by Crippen LogP contribution is -2.05. The van der Waals surface area contributed by atoms with Crippen LogP contribution in [0.1, 0.15) is 18.9 Å². The number of ether oxygens (including phenoxy) is 1. The van der Waals surface area contributed by atoms with Gasteiger partial charge in [-0.3, -0.25) is 0 Å². The summed E-state index contributed by atoms with van der Waals surface area (Å²) >= 11 is 0. The molecule has 0 fully saturated rings. The van der Waals surface area contributed by atoms with Gasteiger partial charge in [0.1, 0.15) is 11.6 Å². The number of oxime groups is 1. The van der Waals surface area contributed by atoms with E-state index in [1.807, 2.05) is 0 Å². The van der Waals surface area contributed by atoms with Crippen molar-refractivity contribution in [2.24, 2.45) is 5.16 Å². The lowest BCUT2D eigenvalue weighted by molar-refractivity contribution is 0.233. The standard InChI is InChI=1S/C11H14FNO3/c1-8(13-15)10-4-3-9(12)7-11(10)16-6-2-5-14/h3-4,7,14-15H,2,5-6H2,1H3. The van der Waals surface area contributed by atoms with Gasteiger partial charge in [0.15, 0.2) is 0 Å². The molecule has 0 bridgehead atoms. The second-order valence-electron chi connectivity index (χ2n) is 3.25. The fourth-order valence-electron chi connectivity index (χ4n) is 1.22. The van der Waals surface area contributed by atoms with Gasteiger partial charge in [-0.2, -0.15) is 0 Å². The molecule has 5 heteroatoms. The molecule has 0 aromatic heterocycles. The SMILES string of the molecule is CC(=NO)c1ccc(F)cc1OCCCO. The number of aliphatic hydroxyl groups is 1. The Morgan fingerprint density at radius 3 is 2.88 bits per heavy atom. The summed E-state index contributed by atoms with van der Waals surface area (Å²) < 4.78 is 18.3. The highest BCUT2D eigenvalue weighted by Crippen LogP contribution is 2.21. The molecule has 0 unspecified atom stereocenters. The van der Waals surface area contributed by atoms with Crippen LogP contribution in [0.15, 0.2) is 23.4 Å². The summed E-state index contributed by atoms with van der Waals surface area (Å²) in [6, 6.07) is 3.98. The molecule has 4 nitrogen and oxygen atoms in total. The Balaban J connectivity index is 2.90. The third kappa shape index (κ3) is 3.20. The normalized spacial score (nSPS) is 11.6. The zero-order valence-electron chi connectivity index (χ0n) is 8.98. The minimum Gasteiger partial charge on any atom is -0.493 e. The van der Waals surface area contributed by atoms with E-state index >= 15 is 0 Å². The van der Waals surface area contributed by atoms with Gasteiger partial charge >= 0.3 is 0 Å². The van der Waals surface area contributed by atoms with E-state index in [4.69, 9.17) is 15.1 Å². The van der Waals surface area contributed by atoms with Gasteiger partial charge in [-0.15, -0.1) is 0 Å². The van der Waals surface area contributed by atoms with Gasteiger partial charge in [-0.1, -0.05) is 5.16 Å². The molecule has 0 aliphatic carbocycles. The molecular formula is C11H14FNO3. The summed E-state index contributed by atoms with van der Waals surface area (Å²) in [6.07, 6.45) is 0.464. The summed E-state index contributed by atoms with van der Waals surface area (Å²) in [5, 5.41) is 20.3. The van der Waals surface area contributed by atoms with Crippen molar-refractivity contribution in [3.63, 3.8) is 0 Å². The minimum atomic E-state index is -0.423. The molecule has 0 aliphatic heterocycles. The van der Waals surface area contributed by atoms with E-state index in [-0.39, 0.29) is 13.2 Å². The zero-order chi connectivity index (χ0) is 12.0. The highest BCUT2D eigenvalue weighted by atomic mass is 19.1. The van der Waals surface area contributed by atoms with E-state index in [2.05, 4.69) is 5.16 Å². The first-order valence-corrected chi connectivity index (χ1v) is 4.91. The highest BCUT2D eigenvalue weighted by molar-refractivity contribution is 6.00. The van der Waals surface area contributed by atoms with Crippen molar-refractivity contribution in [1.29, 1.82) is 0 Å². The zero-order valence-corrected chi connectivity index (χ0v) is 8.98. The first kappa shape index (κ1) is 12.4. The van der Waals surface area contributed by atoms with Crippen LogP contribution >= 0.6 is 0 Å². The van der Waals surface area contributed by atoms with Crippen LogP contribution in [0.25, 0.3) is 0 Å². The quantitative estimate of drug-likeness (QED) is 0.349. The Bertz CT molecular complexity index is 379. The Labute approximate surface area is 93.0 Å². The minimum absolute atomic E-state index is 0.0116. The predicted molar refractivity (Wildman–Crippen MR) is 57.6 cm³/mol. The fourth-order valence-corrected chi connectivity index (χ4v) is 1.22. The van der Waals surface area contributed by atoms with Gasteiger partial charge in [0.2, 0.25) is 0 Å². The van der Waals surface area contributed by atoms with E-state index in [0.717, 1.165) is 0 Å². The number of hydrogen-bond donors (Lipinski definition) is 2. The molecule has 1 rings (SSSR count). The fraction of sp³-hybridized carbons (Fsp3) is 0.364. The predicted octanol–water partition coefficient (Wildman–Crippen LogP) is 1.79. The Morgan fingerprint density at radius 1 is 1.50 bits per heavy atom. The second-order valence-corrected chi connectivity index (χ2v) is 3.25. The number of rotatable bonds is 5. The van der Waals surface area contributed by atoms with E-state index in [1.165, 1.54) is 18.2 Å². The molecule has 1 aromatic carbocycles. The monoisotopic (exact) mass is 227 g/mol. The maximum Gasteiger partial charge on any atom is 0.131 e.